The van der Waals surface area contributed by atoms with Gasteiger partial charge in [0.05, 0.1) is 32.3 Å². The van der Waals surface area contributed by atoms with E-state index in [9.17, 15) is 4.79 Å². The van der Waals surface area contributed by atoms with Crippen LogP contribution in [0.5, 0.6) is 5.75 Å². The zero-order chi connectivity index (χ0) is 14.4. The Morgan fingerprint density at radius 1 is 1.25 bits per heavy atom. The second-order valence-corrected chi connectivity index (χ2v) is 5.22. The van der Waals surface area contributed by atoms with Crippen LogP contribution in [0.3, 0.4) is 0 Å². The summed E-state index contributed by atoms with van der Waals surface area (Å²) in [6, 6.07) is 7.77. The Morgan fingerprint density at radius 3 is 2.70 bits per heavy atom. The molecule has 0 bridgehead atoms. The van der Waals surface area contributed by atoms with Crippen molar-refractivity contribution in [1.29, 1.82) is 0 Å². The molecule has 2 atom stereocenters. The van der Waals surface area contributed by atoms with Crippen LogP contribution in [0.2, 0.25) is 0 Å². The molecule has 0 amide bonds. The highest BCUT2D eigenvalue weighted by Gasteiger charge is 2.21. The normalized spacial score (nSPS) is 23.6. The average Bonchev–Trinajstić information content (AvgIpc) is 2.43. The molecule has 1 aromatic carbocycles. The molecule has 1 fully saturated rings. The summed E-state index contributed by atoms with van der Waals surface area (Å²) in [4.78, 5) is 11.6. The van der Waals surface area contributed by atoms with Gasteiger partial charge in [-0.15, -0.1) is 0 Å². The predicted molar refractivity (Wildman–Crippen MR) is 75.6 cm³/mol. The van der Waals surface area contributed by atoms with Gasteiger partial charge in [-0.05, 0) is 43.9 Å². The van der Waals surface area contributed by atoms with Crippen molar-refractivity contribution < 1.29 is 19.0 Å². The van der Waals surface area contributed by atoms with Gasteiger partial charge in [0.25, 0.3) is 0 Å². The van der Waals surface area contributed by atoms with E-state index in [1.54, 1.807) is 7.11 Å². The monoisotopic (exact) mass is 278 g/mol. The van der Waals surface area contributed by atoms with Gasteiger partial charge >= 0.3 is 5.97 Å². The number of cyclic esters (lactones) is 1. The standard InChI is InChI=1S/C16H22O4/c1-12-4-3-5-15(10-16(17)20-12)19-11-13-6-8-14(18-2)9-7-13/h6-9,12,15H,3-5,10-11H2,1-2H3/t12-,15+/m0/s1. The smallest absolute Gasteiger partial charge is 0.308 e. The van der Waals surface area contributed by atoms with Crippen molar-refractivity contribution in [1.82, 2.24) is 0 Å². The van der Waals surface area contributed by atoms with E-state index in [0.29, 0.717) is 13.0 Å². The van der Waals surface area contributed by atoms with Crippen molar-refractivity contribution in [3.8, 4) is 5.75 Å². The molecule has 1 aliphatic rings. The molecule has 0 radical (unpaired) electrons. The lowest BCUT2D eigenvalue weighted by atomic mass is 10.0. The number of hydrogen-bond acceptors (Lipinski definition) is 4. The topological polar surface area (TPSA) is 44.8 Å². The fourth-order valence-electron chi connectivity index (χ4n) is 2.33. The van der Waals surface area contributed by atoms with E-state index in [4.69, 9.17) is 14.2 Å². The largest absolute Gasteiger partial charge is 0.497 e. The maximum Gasteiger partial charge on any atom is 0.308 e. The van der Waals surface area contributed by atoms with E-state index in [2.05, 4.69) is 0 Å². The highest BCUT2D eigenvalue weighted by atomic mass is 16.5. The van der Waals surface area contributed by atoms with Crippen molar-refractivity contribution in [3.05, 3.63) is 29.8 Å². The second kappa shape index (κ2) is 7.29. The molecule has 0 saturated carbocycles. The highest BCUT2D eigenvalue weighted by molar-refractivity contribution is 5.70. The number of hydrogen-bond donors (Lipinski definition) is 0. The first-order chi connectivity index (χ1) is 9.67. The predicted octanol–water partition coefficient (Wildman–Crippen LogP) is 3.09. The van der Waals surface area contributed by atoms with Gasteiger partial charge in [0.1, 0.15) is 5.75 Å². The lowest BCUT2D eigenvalue weighted by molar-refractivity contribution is -0.154. The number of ether oxygens (including phenoxy) is 3. The Bertz CT molecular complexity index is 427. The SMILES string of the molecule is COc1ccc(CO[C@@H]2CCC[C@H](C)OC(=O)C2)cc1. The summed E-state index contributed by atoms with van der Waals surface area (Å²) < 4.78 is 16.2. The maximum atomic E-state index is 11.6. The molecule has 0 N–H and O–H groups in total. The summed E-state index contributed by atoms with van der Waals surface area (Å²) in [5, 5.41) is 0. The van der Waals surface area contributed by atoms with Gasteiger partial charge in [0.15, 0.2) is 0 Å². The minimum Gasteiger partial charge on any atom is -0.497 e. The summed E-state index contributed by atoms with van der Waals surface area (Å²) in [7, 11) is 1.65. The minimum atomic E-state index is -0.156. The third-order valence-electron chi connectivity index (χ3n) is 3.51. The number of esters is 1. The Hall–Kier alpha value is -1.55. The van der Waals surface area contributed by atoms with Gasteiger partial charge in [0, 0.05) is 0 Å². The fourth-order valence-corrected chi connectivity index (χ4v) is 2.33. The summed E-state index contributed by atoms with van der Waals surface area (Å²) in [5.41, 5.74) is 1.08. The van der Waals surface area contributed by atoms with E-state index < -0.39 is 0 Å². The Labute approximate surface area is 120 Å². The average molecular weight is 278 g/mol. The van der Waals surface area contributed by atoms with Crippen LogP contribution < -0.4 is 4.74 Å². The molecule has 4 nitrogen and oxygen atoms in total. The quantitative estimate of drug-likeness (QED) is 0.794. The lowest BCUT2D eigenvalue weighted by Gasteiger charge is -2.23. The molecule has 110 valence electrons. The Morgan fingerprint density at radius 2 is 2.00 bits per heavy atom. The third kappa shape index (κ3) is 4.53. The van der Waals surface area contributed by atoms with Gasteiger partial charge in [0.2, 0.25) is 0 Å². The van der Waals surface area contributed by atoms with Crippen LogP contribution >= 0.6 is 0 Å². The first-order valence-electron chi connectivity index (χ1n) is 7.11. The molecule has 1 heterocycles. The first kappa shape index (κ1) is 14.9. The summed E-state index contributed by atoms with van der Waals surface area (Å²) in [6.45, 7) is 2.45. The van der Waals surface area contributed by atoms with Crippen LogP contribution in [0, 0.1) is 0 Å². The summed E-state index contributed by atoms with van der Waals surface area (Å²) >= 11 is 0. The van der Waals surface area contributed by atoms with Crippen LogP contribution in [0.4, 0.5) is 0 Å². The zero-order valence-electron chi connectivity index (χ0n) is 12.1. The lowest BCUT2D eigenvalue weighted by Crippen LogP contribution is -2.25. The molecule has 20 heavy (non-hydrogen) atoms. The second-order valence-electron chi connectivity index (χ2n) is 5.22. The molecule has 1 saturated heterocycles. The molecule has 0 spiro atoms. The van der Waals surface area contributed by atoms with Crippen LogP contribution in [-0.2, 0) is 20.9 Å². The van der Waals surface area contributed by atoms with Crippen LogP contribution in [0.1, 0.15) is 38.2 Å². The van der Waals surface area contributed by atoms with Crippen molar-refractivity contribution in [2.45, 2.75) is 51.4 Å². The van der Waals surface area contributed by atoms with Gasteiger partial charge in [-0.1, -0.05) is 12.1 Å². The maximum absolute atomic E-state index is 11.6. The summed E-state index contributed by atoms with van der Waals surface area (Å²) in [6.07, 6.45) is 3.19. The summed E-state index contributed by atoms with van der Waals surface area (Å²) in [5.74, 6) is 0.675. The van der Waals surface area contributed by atoms with Crippen molar-refractivity contribution in [3.63, 3.8) is 0 Å². The van der Waals surface area contributed by atoms with Crippen molar-refractivity contribution >= 4 is 5.97 Å². The van der Waals surface area contributed by atoms with Crippen LogP contribution in [-0.4, -0.2) is 25.3 Å². The molecule has 4 heteroatoms. The van der Waals surface area contributed by atoms with E-state index in [0.717, 1.165) is 30.6 Å². The molecule has 1 aliphatic heterocycles. The van der Waals surface area contributed by atoms with Gasteiger partial charge in [-0.3, -0.25) is 4.79 Å². The van der Waals surface area contributed by atoms with Gasteiger partial charge in [-0.2, -0.15) is 0 Å². The third-order valence-corrected chi connectivity index (χ3v) is 3.51. The number of methoxy groups -OCH3 is 1. The van der Waals surface area contributed by atoms with Gasteiger partial charge < -0.3 is 14.2 Å². The number of benzene rings is 1. The highest BCUT2D eigenvalue weighted by Crippen LogP contribution is 2.19. The molecule has 0 unspecified atom stereocenters. The fraction of sp³-hybridized carbons (Fsp3) is 0.562. The van der Waals surface area contributed by atoms with E-state index >= 15 is 0 Å². The minimum absolute atomic E-state index is 0.0324. The van der Waals surface area contributed by atoms with Crippen LogP contribution in [0.15, 0.2) is 24.3 Å². The molecule has 0 aromatic heterocycles. The molecular formula is C16H22O4. The number of rotatable bonds is 4. The van der Waals surface area contributed by atoms with Crippen molar-refractivity contribution in [2.75, 3.05) is 7.11 Å². The van der Waals surface area contributed by atoms with Crippen molar-refractivity contribution in [2.24, 2.45) is 0 Å². The van der Waals surface area contributed by atoms with Crippen LogP contribution in [0.25, 0.3) is 0 Å². The van der Waals surface area contributed by atoms with E-state index in [1.807, 2.05) is 31.2 Å². The molecule has 1 aromatic rings. The molecular weight excluding hydrogens is 256 g/mol. The number of carbonyl (C=O) groups excluding carboxylic acids is 1. The Kier molecular flexibility index (Phi) is 5.41. The first-order valence-corrected chi connectivity index (χ1v) is 7.11. The zero-order valence-corrected chi connectivity index (χ0v) is 12.1. The van der Waals surface area contributed by atoms with E-state index in [1.165, 1.54) is 0 Å². The van der Waals surface area contributed by atoms with Gasteiger partial charge in [-0.25, -0.2) is 0 Å². The number of carbonyl (C=O) groups is 1. The van der Waals surface area contributed by atoms with E-state index in [-0.39, 0.29) is 18.2 Å². The Balaban J connectivity index is 1.83. The molecule has 0 aliphatic carbocycles. The molecule has 2 rings (SSSR count).